The number of nitrogens with zero attached hydrogens (tertiary/aromatic N) is 3. The summed E-state index contributed by atoms with van der Waals surface area (Å²) in [5.41, 5.74) is 1.05. The minimum absolute atomic E-state index is 0.670. The van der Waals surface area contributed by atoms with Crippen LogP contribution in [-0.2, 0) is 0 Å². The number of fused-ring (bicyclic) bond motifs is 1. The zero-order chi connectivity index (χ0) is 11.0. The van der Waals surface area contributed by atoms with E-state index in [1.165, 1.54) is 19.4 Å². The van der Waals surface area contributed by atoms with E-state index in [0.717, 1.165) is 30.5 Å². The molecule has 2 unspecified atom stereocenters. The molecule has 4 heteroatoms. The van der Waals surface area contributed by atoms with E-state index in [-0.39, 0.29) is 0 Å². The van der Waals surface area contributed by atoms with Crippen molar-refractivity contribution in [3.05, 3.63) is 18.1 Å². The van der Waals surface area contributed by atoms with Gasteiger partial charge >= 0.3 is 0 Å². The molecule has 1 aromatic heterocycles. The second kappa shape index (κ2) is 4.01. The average Bonchev–Trinajstić information content (AvgIpc) is 2.72. The fraction of sp³-hybridized carbons (Fsp3) is 0.667. The van der Waals surface area contributed by atoms with E-state index in [1.807, 2.05) is 6.92 Å². The van der Waals surface area contributed by atoms with Gasteiger partial charge in [0.1, 0.15) is 12.1 Å². The molecule has 3 rings (SSSR count). The molecule has 2 aliphatic heterocycles. The van der Waals surface area contributed by atoms with Crippen LogP contribution in [0.5, 0.6) is 0 Å². The molecule has 0 spiro atoms. The fourth-order valence-electron chi connectivity index (χ4n) is 2.85. The number of piperidine rings is 1. The summed E-state index contributed by atoms with van der Waals surface area (Å²) >= 11 is 0. The van der Waals surface area contributed by atoms with Gasteiger partial charge < -0.3 is 10.2 Å². The highest BCUT2D eigenvalue weighted by Gasteiger charge is 2.34. The smallest absolute Gasteiger partial charge is 0.132 e. The predicted octanol–water partition coefficient (Wildman–Crippen LogP) is 0.973. The van der Waals surface area contributed by atoms with E-state index < -0.39 is 0 Å². The van der Waals surface area contributed by atoms with E-state index in [9.17, 15) is 0 Å². The highest BCUT2D eigenvalue weighted by molar-refractivity contribution is 5.41. The van der Waals surface area contributed by atoms with Crippen molar-refractivity contribution >= 4 is 5.82 Å². The van der Waals surface area contributed by atoms with E-state index in [4.69, 9.17) is 0 Å². The third-order valence-corrected chi connectivity index (χ3v) is 3.71. The SMILES string of the molecule is Cc1cc(N2CC3CCCNC3C2)ncn1. The van der Waals surface area contributed by atoms with Gasteiger partial charge in [0.05, 0.1) is 0 Å². The molecule has 0 aromatic carbocycles. The molecule has 4 nitrogen and oxygen atoms in total. The summed E-state index contributed by atoms with van der Waals surface area (Å²) in [5, 5.41) is 3.61. The Balaban J connectivity index is 1.77. The van der Waals surface area contributed by atoms with Crippen molar-refractivity contribution < 1.29 is 0 Å². The Bertz CT molecular complexity index is 365. The van der Waals surface area contributed by atoms with Gasteiger partial charge in [0.15, 0.2) is 0 Å². The maximum absolute atomic E-state index is 4.37. The molecule has 2 aliphatic rings. The third kappa shape index (κ3) is 1.78. The highest BCUT2D eigenvalue weighted by Crippen LogP contribution is 2.27. The molecule has 0 amide bonds. The number of rotatable bonds is 1. The van der Waals surface area contributed by atoms with Crippen LogP contribution in [0, 0.1) is 12.8 Å². The first-order valence-corrected chi connectivity index (χ1v) is 6.10. The molecular weight excluding hydrogens is 200 g/mol. The molecule has 0 saturated carbocycles. The Morgan fingerprint density at radius 1 is 1.38 bits per heavy atom. The highest BCUT2D eigenvalue weighted by atomic mass is 15.2. The van der Waals surface area contributed by atoms with Crippen LogP contribution in [0.25, 0.3) is 0 Å². The Hall–Kier alpha value is -1.16. The van der Waals surface area contributed by atoms with Crippen molar-refractivity contribution in [2.45, 2.75) is 25.8 Å². The number of hydrogen-bond donors (Lipinski definition) is 1. The predicted molar refractivity (Wildman–Crippen MR) is 63.5 cm³/mol. The summed E-state index contributed by atoms with van der Waals surface area (Å²) in [5.74, 6) is 1.90. The lowest BCUT2D eigenvalue weighted by Crippen LogP contribution is -2.40. The Labute approximate surface area is 96.1 Å². The minimum atomic E-state index is 0.670. The van der Waals surface area contributed by atoms with Crippen molar-refractivity contribution in [3.8, 4) is 0 Å². The molecular formula is C12H18N4. The monoisotopic (exact) mass is 218 g/mol. The number of hydrogen-bond acceptors (Lipinski definition) is 4. The molecule has 2 atom stereocenters. The number of nitrogens with one attached hydrogen (secondary N) is 1. The Morgan fingerprint density at radius 3 is 3.12 bits per heavy atom. The van der Waals surface area contributed by atoms with Crippen LogP contribution in [0.4, 0.5) is 5.82 Å². The molecule has 3 heterocycles. The molecule has 1 N–H and O–H groups in total. The van der Waals surface area contributed by atoms with Crippen LogP contribution in [-0.4, -0.2) is 35.6 Å². The van der Waals surface area contributed by atoms with E-state index >= 15 is 0 Å². The first-order valence-electron chi connectivity index (χ1n) is 6.10. The Morgan fingerprint density at radius 2 is 2.31 bits per heavy atom. The fourth-order valence-corrected chi connectivity index (χ4v) is 2.85. The second-order valence-electron chi connectivity index (χ2n) is 4.89. The van der Waals surface area contributed by atoms with Crippen molar-refractivity contribution in [1.29, 1.82) is 0 Å². The number of aromatic nitrogens is 2. The molecule has 2 fully saturated rings. The largest absolute Gasteiger partial charge is 0.355 e. The first kappa shape index (κ1) is 10.0. The van der Waals surface area contributed by atoms with Crippen molar-refractivity contribution in [3.63, 3.8) is 0 Å². The second-order valence-corrected chi connectivity index (χ2v) is 4.89. The zero-order valence-electron chi connectivity index (χ0n) is 9.69. The standard InChI is InChI=1S/C12H18N4/c1-9-5-12(15-8-14-9)16-6-10-3-2-4-13-11(10)7-16/h5,8,10-11,13H,2-4,6-7H2,1H3. The summed E-state index contributed by atoms with van der Waals surface area (Å²) < 4.78 is 0. The van der Waals surface area contributed by atoms with Crippen LogP contribution in [0.15, 0.2) is 12.4 Å². The summed E-state index contributed by atoms with van der Waals surface area (Å²) in [6, 6.07) is 2.75. The normalized spacial score (nSPS) is 29.2. The maximum atomic E-state index is 4.37. The van der Waals surface area contributed by atoms with E-state index in [2.05, 4.69) is 26.3 Å². The van der Waals surface area contributed by atoms with Crippen molar-refractivity contribution in [2.24, 2.45) is 5.92 Å². The molecule has 16 heavy (non-hydrogen) atoms. The van der Waals surface area contributed by atoms with Gasteiger partial charge in [0, 0.05) is 30.9 Å². The van der Waals surface area contributed by atoms with Gasteiger partial charge in [-0.3, -0.25) is 0 Å². The van der Waals surface area contributed by atoms with Crippen LogP contribution in [0.2, 0.25) is 0 Å². The van der Waals surface area contributed by atoms with Gasteiger partial charge in [-0.2, -0.15) is 0 Å². The van der Waals surface area contributed by atoms with Gasteiger partial charge in [-0.05, 0) is 32.2 Å². The number of aryl methyl sites for hydroxylation is 1. The Kier molecular flexibility index (Phi) is 2.52. The van der Waals surface area contributed by atoms with Gasteiger partial charge in [0.25, 0.3) is 0 Å². The van der Waals surface area contributed by atoms with Gasteiger partial charge in [-0.15, -0.1) is 0 Å². The zero-order valence-corrected chi connectivity index (χ0v) is 9.69. The minimum Gasteiger partial charge on any atom is -0.355 e. The quantitative estimate of drug-likeness (QED) is 0.762. The molecule has 2 saturated heterocycles. The van der Waals surface area contributed by atoms with Gasteiger partial charge in [-0.1, -0.05) is 0 Å². The van der Waals surface area contributed by atoms with Crippen LogP contribution >= 0.6 is 0 Å². The average molecular weight is 218 g/mol. The van der Waals surface area contributed by atoms with Crippen molar-refractivity contribution in [2.75, 3.05) is 24.5 Å². The lowest BCUT2D eigenvalue weighted by Gasteiger charge is -2.24. The van der Waals surface area contributed by atoms with Crippen molar-refractivity contribution in [1.82, 2.24) is 15.3 Å². The summed E-state index contributed by atoms with van der Waals surface area (Å²) in [7, 11) is 0. The molecule has 1 aromatic rings. The third-order valence-electron chi connectivity index (χ3n) is 3.71. The van der Waals surface area contributed by atoms with Crippen LogP contribution < -0.4 is 10.2 Å². The van der Waals surface area contributed by atoms with Crippen LogP contribution in [0.1, 0.15) is 18.5 Å². The lowest BCUT2D eigenvalue weighted by atomic mass is 9.94. The summed E-state index contributed by atoms with van der Waals surface area (Å²) in [4.78, 5) is 10.9. The molecule has 86 valence electrons. The van der Waals surface area contributed by atoms with E-state index in [0.29, 0.717) is 6.04 Å². The lowest BCUT2D eigenvalue weighted by molar-refractivity contribution is 0.340. The first-order chi connectivity index (χ1) is 7.83. The van der Waals surface area contributed by atoms with Gasteiger partial charge in [0.2, 0.25) is 0 Å². The summed E-state index contributed by atoms with van der Waals surface area (Å²) in [6.45, 7) is 5.44. The molecule has 0 aliphatic carbocycles. The van der Waals surface area contributed by atoms with E-state index in [1.54, 1.807) is 6.33 Å². The molecule has 0 bridgehead atoms. The molecule has 0 radical (unpaired) electrons. The maximum Gasteiger partial charge on any atom is 0.132 e. The summed E-state index contributed by atoms with van der Waals surface area (Å²) in [6.07, 6.45) is 4.34. The van der Waals surface area contributed by atoms with Gasteiger partial charge in [-0.25, -0.2) is 9.97 Å². The number of anilines is 1. The van der Waals surface area contributed by atoms with Crippen LogP contribution in [0.3, 0.4) is 0 Å². The topological polar surface area (TPSA) is 41.0 Å².